The Hall–Kier alpha value is -4.89. The molecule has 0 heterocycles. The predicted molar refractivity (Wildman–Crippen MR) is 185 cm³/mol. The predicted octanol–water partition coefficient (Wildman–Crippen LogP) is 8.20. The van der Waals surface area contributed by atoms with Crippen LogP contribution in [-0.2, 0) is 11.1 Å². The summed E-state index contributed by atoms with van der Waals surface area (Å²) in [4.78, 5) is 37.2. The van der Waals surface area contributed by atoms with Gasteiger partial charge in [-0.2, -0.15) is 0 Å². The summed E-state index contributed by atoms with van der Waals surface area (Å²) in [5.41, 5.74) is 1.43. The molecule has 12 nitrogen and oxygen atoms in total. The SMILES string of the molecule is COc1ccc(C(C)=O)c(OPOc2c(COP(Oc3cc(OC)ccc3C(C)=O)Oc3cc(OC)ccc3C(C)=O)cccc2OC)c1. The molecule has 49 heavy (non-hydrogen) atoms. The molecule has 258 valence electrons. The Morgan fingerprint density at radius 3 is 1.49 bits per heavy atom. The quantitative estimate of drug-likeness (QED) is 0.0728. The van der Waals surface area contributed by atoms with E-state index in [0.717, 1.165) is 0 Å². The standard InChI is InChI=1S/C35H36O12P2/c1-21(36)28-14-11-25(39-4)17-32(28)44-48-45-35-24(9-8-10-31(35)42-7)20-43-49(46-33-18-26(40-5)12-15-29(33)22(2)37)47-34-19-27(41-6)13-16-30(34)23(3)38/h8-19,48H,20H2,1-7H3. The second-order valence-electron chi connectivity index (χ2n) is 10.2. The minimum atomic E-state index is -2.34. The Morgan fingerprint density at radius 2 is 1.04 bits per heavy atom. The van der Waals surface area contributed by atoms with E-state index >= 15 is 0 Å². The molecule has 0 spiro atoms. The third-order valence-electron chi connectivity index (χ3n) is 6.95. The fourth-order valence-electron chi connectivity index (χ4n) is 4.41. The van der Waals surface area contributed by atoms with Gasteiger partial charge in [-0.1, -0.05) is 12.1 Å². The second kappa shape index (κ2) is 17.5. The van der Waals surface area contributed by atoms with Gasteiger partial charge >= 0.3 is 8.60 Å². The summed E-state index contributed by atoms with van der Waals surface area (Å²) < 4.78 is 52.1. The summed E-state index contributed by atoms with van der Waals surface area (Å²) in [6.45, 7) is 4.12. The van der Waals surface area contributed by atoms with Crippen LogP contribution in [0.2, 0.25) is 0 Å². The van der Waals surface area contributed by atoms with Crippen molar-refractivity contribution in [2.45, 2.75) is 27.4 Å². The summed E-state index contributed by atoms with van der Waals surface area (Å²) in [7, 11) is 3.05. The van der Waals surface area contributed by atoms with Crippen LogP contribution in [0.1, 0.15) is 57.4 Å². The van der Waals surface area contributed by atoms with E-state index in [2.05, 4.69) is 0 Å². The van der Waals surface area contributed by atoms with Crippen molar-refractivity contribution in [3.05, 3.63) is 95.1 Å². The first-order chi connectivity index (χ1) is 23.6. The van der Waals surface area contributed by atoms with Gasteiger partial charge in [0.25, 0.3) is 9.03 Å². The van der Waals surface area contributed by atoms with Gasteiger partial charge in [0.05, 0.1) is 51.7 Å². The van der Waals surface area contributed by atoms with Crippen molar-refractivity contribution in [1.29, 1.82) is 0 Å². The van der Waals surface area contributed by atoms with E-state index < -0.39 is 17.6 Å². The number of rotatable bonds is 18. The van der Waals surface area contributed by atoms with E-state index in [9.17, 15) is 14.4 Å². The lowest BCUT2D eigenvalue weighted by molar-refractivity contribution is 0.100. The normalized spacial score (nSPS) is 10.9. The van der Waals surface area contributed by atoms with Gasteiger partial charge in [-0.3, -0.25) is 18.9 Å². The number of benzene rings is 4. The van der Waals surface area contributed by atoms with Crippen LogP contribution in [-0.4, -0.2) is 45.8 Å². The molecule has 0 N–H and O–H groups in total. The largest absolute Gasteiger partial charge is 0.497 e. The van der Waals surface area contributed by atoms with Crippen molar-refractivity contribution >= 4 is 35.0 Å². The lowest BCUT2D eigenvalue weighted by Gasteiger charge is -2.21. The van der Waals surface area contributed by atoms with E-state index in [1.165, 1.54) is 49.2 Å². The van der Waals surface area contributed by atoms with Gasteiger partial charge in [0.15, 0.2) is 28.8 Å². The molecule has 14 heteroatoms. The van der Waals surface area contributed by atoms with Gasteiger partial charge in [-0.05, 0) is 63.2 Å². The minimum absolute atomic E-state index is 0.126. The smallest absolute Gasteiger partial charge is 0.463 e. The van der Waals surface area contributed by atoms with Crippen LogP contribution >= 0.6 is 17.6 Å². The van der Waals surface area contributed by atoms with Gasteiger partial charge in [0, 0.05) is 23.8 Å². The number of methoxy groups -OCH3 is 4. The van der Waals surface area contributed by atoms with Crippen molar-refractivity contribution in [1.82, 2.24) is 0 Å². The second-order valence-corrected chi connectivity index (χ2v) is 11.8. The van der Waals surface area contributed by atoms with Gasteiger partial charge < -0.3 is 37.0 Å². The molecule has 0 bridgehead atoms. The fourth-order valence-corrected chi connectivity index (χ4v) is 6.04. The molecule has 4 aromatic rings. The lowest BCUT2D eigenvalue weighted by atomic mass is 10.1. The summed E-state index contributed by atoms with van der Waals surface area (Å²) in [6, 6.07) is 19.6. The number of hydrogen-bond acceptors (Lipinski definition) is 12. The van der Waals surface area contributed by atoms with E-state index in [1.54, 1.807) is 72.8 Å². The lowest BCUT2D eigenvalue weighted by Crippen LogP contribution is -2.07. The van der Waals surface area contributed by atoms with Gasteiger partial charge in [-0.15, -0.1) is 0 Å². The molecule has 0 aliphatic carbocycles. The van der Waals surface area contributed by atoms with Crippen LogP contribution in [0.15, 0.2) is 72.8 Å². The van der Waals surface area contributed by atoms with Crippen molar-refractivity contribution in [3.63, 3.8) is 0 Å². The molecule has 4 aromatic carbocycles. The first-order valence-electron chi connectivity index (χ1n) is 14.7. The molecular weight excluding hydrogens is 674 g/mol. The molecule has 0 saturated heterocycles. The van der Waals surface area contributed by atoms with E-state index in [-0.39, 0.29) is 46.6 Å². The monoisotopic (exact) mass is 710 g/mol. The number of para-hydroxylation sites is 1. The number of carbonyl (C=O) groups is 3. The minimum Gasteiger partial charge on any atom is -0.497 e. The molecule has 0 aromatic heterocycles. The van der Waals surface area contributed by atoms with E-state index in [1.807, 2.05) is 0 Å². The van der Waals surface area contributed by atoms with Crippen LogP contribution in [0, 0.1) is 0 Å². The number of Topliss-reactive ketones (excluding diaryl/α,β-unsaturated/α-hetero) is 3. The molecule has 1 unspecified atom stereocenters. The average molecular weight is 711 g/mol. The summed E-state index contributed by atoms with van der Waals surface area (Å²) in [5.74, 6) is 1.99. The maximum atomic E-state index is 12.5. The first kappa shape index (κ1) is 36.9. The zero-order valence-electron chi connectivity index (χ0n) is 28.0. The molecule has 0 amide bonds. The van der Waals surface area contributed by atoms with Crippen molar-refractivity contribution in [2.24, 2.45) is 0 Å². The van der Waals surface area contributed by atoms with Crippen LogP contribution in [0.5, 0.6) is 46.0 Å². The third kappa shape index (κ3) is 9.60. The van der Waals surface area contributed by atoms with Crippen LogP contribution in [0.4, 0.5) is 0 Å². The Bertz CT molecular complexity index is 1740. The van der Waals surface area contributed by atoms with E-state index in [0.29, 0.717) is 45.6 Å². The maximum absolute atomic E-state index is 12.5. The summed E-state index contributed by atoms with van der Waals surface area (Å²) in [6.07, 6.45) is 0. The average Bonchev–Trinajstić information content (AvgIpc) is 3.10. The zero-order valence-corrected chi connectivity index (χ0v) is 29.9. The highest BCUT2D eigenvalue weighted by Crippen LogP contribution is 2.47. The van der Waals surface area contributed by atoms with Crippen molar-refractivity contribution < 1.29 is 55.9 Å². The maximum Gasteiger partial charge on any atom is 0.463 e. The number of ketones is 3. The zero-order chi connectivity index (χ0) is 35.5. The molecule has 0 aliphatic rings. The fraction of sp³-hybridized carbons (Fsp3) is 0.229. The number of carbonyl (C=O) groups excluding carboxylic acids is 3. The molecule has 4 rings (SSSR count). The Balaban J connectivity index is 1.65. The first-order valence-corrected chi connectivity index (χ1v) is 16.6. The van der Waals surface area contributed by atoms with Crippen LogP contribution < -0.4 is 37.0 Å². The summed E-state index contributed by atoms with van der Waals surface area (Å²) >= 11 is 0. The van der Waals surface area contributed by atoms with Crippen molar-refractivity contribution in [3.8, 4) is 46.0 Å². The highest BCUT2D eigenvalue weighted by atomic mass is 31.2. The number of hydrogen-bond donors (Lipinski definition) is 0. The van der Waals surface area contributed by atoms with Gasteiger partial charge in [-0.25, -0.2) is 0 Å². The molecule has 0 saturated carbocycles. The van der Waals surface area contributed by atoms with Crippen LogP contribution in [0.25, 0.3) is 0 Å². The Kier molecular flexibility index (Phi) is 13.2. The number of ether oxygens (including phenoxy) is 4. The summed E-state index contributed by atoms with van der Waals surface area (Å²) in [5, 5.41) is 0. The van der Waals surface area contributed by atoms with Crippen molar-refractivity contribution in [2.75, 3.05) is 28.4 Å². The highest BCUT2D eigenvalue weighted by Gasteiger charge is 2.25. The van der Waals surface area contributed by atoms with E-state index in [4.69, 9.17) is 41.6 Å². The van der Waals surface area contributed by atoms with Crippen LogP contribution in [0.3, 0.4) is 0 Å². The van der Waals surface area contributed by atoms with Gasteiger partial charge in [0.2, 0.25) is 0 Å². The topological polar surface area (TPSA) is 134 Å². The Morgan fingerprint density at radius 1 is 0.571 bits per heavy atom. The highest BCUT2D eigenvalue weighted by molar-refractivity contribution is 7.42. The Labute approximate surface area is 287 Å². The third-order valence-corrected chi connectivity index (χ3v) is 8.57. The molecule has 0 fully saturated rings. The molecule has 0 radical (unpaired) electrons. The molecule has 1 atom stereocenters. The molecular formula is C35H36O12P2. The van der Waals surface area contributed by atoms with Gasteiger partial charge in [0.1, 0.15) is 34.5 Å². The molecule has 0 aliphatic heterocycles.